The van der Waals surface area contributed by atoms with Crippen molar-refractivity contribution in [2.75, 3.05) is 38.2 Å². The van der Waals surface area contributed by atoms with E-state index in [1.165, 1.54) is 13.3 Å². The van der Waals surface area contributed by atoms with Crippen molar-refractivity contribution >= 4 is 29.0 Å². The van der Waals surface area contributed by atoms with Gasteiger partial charge in [-0.15, -0.1) is 0 Å². The molecule has 0 unspecified atom stereocenters. The molecule has 9 heteroatoms. The third kappa shape index (κ3) is 2.87. The highest BCUT2D eigenvalue weighted by Crippen LogP contribution is 2.43. The number of benzene rings is 1. The molecule has 0 atom stereocenters. The van der Waals surface area contributed by atoms with Gasteiger partial charge in [0.05, 0.1) is 18.0 Å². The molecule has 1 saturated heterocycles. The summed E-state index contributed by atoms with van der Waals surface area (Å²) < 4.78 is 22.4. The number of carbonyl (C=O) groups is 2. The molecule has 0 bridgehead atoms. The standard InChI is InChI=1S/C19H20FN3O5/c1-28-18-15-12(17(25)13(19(26)27)9-23(15)11-2-3-11)8-14(20)16(18)22-6-4-21(10-24)5-7-22/h8-11H,2-7H2,1H3,(H,26,27). The molecule has 1 amide bonds. The summed E-state index contributed by atoms with van der Waals surface area (Å²) in [6.45, 7) is 1.77. The Morgan fingerprint density at radius 2 is 1.96 bits per heavy atom. The molecule has 28 heavy (non-hydrogen) atoms. The summed E-state index contributed by atoms with van der Waals surface area (Å²) in [4.78, 5) is 38.5. The molecule has 4 rings (SSSR count). The number of aromatic carboxylic acids is 1. The molecule has 2 heterocycles. The summed E-state index contributed by atoms with van der Waals surface area (Å²) in [5, 5.41) is 9.37. The fraction of sp³-hybridized carbons (Fsp3) is 0.421. The van der Waals surface area contributed by atoms with Gasteiger partial charge in [0.15, 0.2) is 11.6 Å². The van der Waals surface area contributed by atoms with Crippen LogP contribution in [-0.4, -0.2) is 60.2 Å². The van der Waals surface area contributed by atoms with Crippen molar-refractivity contribution in [3.63, 3.8) is 0 Å². The Labute approximate surface area is 159 Å². The van der Waals surface area contributed by atoms with Crippen molar-refractivity contribution < 1.29 is 23.8 Å². The topological polar surface area (TPSA) is 92.1 Å². The molecule has 1 N–H and O–H groups in total. The fourth-order valence-electron chi connectivity index (χ4n) is 3.78. The molecule has 1 aromatic carbocycles. The number of carboxylic acids is 1. The van der Waals surface area contributed by atoms with Gasteiger partial charge in [0, 0.05) is 38.4 Å². The van der Waals surface area contributed by atoms with Gasteiger partial charge in [0.1, 0.15) is 11.3 Å². The number of halogens is 1. The van der Waals surface area contributed by atoms with E-state index in [0.29, 0.717) is 31.7 Å². The van der Waals surface area contributed by atoms with Gasteiger partial charge >= 0.3 is 5.97 Å². The summed E-state index contributed by atoms with van der Waals surface area (Å²) in [6.07, 6.45) is 3.80. The maximum Gasteiger partial charge on any atom is 0.341 e. The third-order valence-electron chi connectivity index (χ3n) is 5.35. The number of hydrogen-bond acceptors (Lipinski definition) is 5. The number of pyridine rings is 1. The molecule has 8 nitrogen and oxygen atoms in total. The second kappa shape index (κ2) is 6.81. The van der Waals surface area contributed by atoms with Crippen LogP contribution >= 0.6 is 0 Å². The molecular weight excluding hydrogens is 369 g/mol. The normalized spacial score (nSPS) is 17.1. The van der Waals surface area contributed by atoms with Crippen LogP contribution < -0.4 is 15.1 Å². The van der Waals surface area contributed by atoms with Gasteiger partial charge in [0.2, 0.25) is 11.8 Å². The number of piperazine rings is 1. The lowest BCUT2D eigenvalue weighted by Gasteiger charge is -2.35. The molecule has 2 fully saturated rings. The number of rotatable bonds is 5. The Balaban J connectivity index is 1.96. The van der Waals surface area contributed by atoms with E-state index in [0.717, 1.165) is 25.3 Å². The maximum atomic E-state index is 15.1. The summed E-state index contributed by atoms with van der Waals surface area (Å²) in [5.41, 5.74) is -0.464. The molecule has 1 aliphatic carbocycles. The average molecular weight is 389 g/mol. The van der Waals surface area contributed by atoms with Crippen LogP contribution in [0.4, 0.5) is 10.1 Å². The van der Waals surface area contributed by atoms with Crippen molar-refractivity contribution in [1.29, 1.82) is 0 Å². The van der Waals surface area contributed by atoms with Crippen LogP contribution in [-0.2, 0) is 4.79 Å². The molecule has 148 valence electrons. The molecule has 0 radical (unpaired) electrons. The predicted molar refractivity (Wildman–Crippen MR) is 99.8 cm³/mol. The van der Waals surface area contributed by atoms with Crippen molar-refractivity contribution in [3.05, 3.63) is 33.9 Å². The maximum absolute atomic E-state index is 15.1. The van der Waals surface area contributed by atoms with Crippen molar-refractivity contribution in [1.82, 2.24) is 9.47 Å². The Morgan fingerprint density at radius 1 is 1.29 bits per heavy atom. The monoisotopic (exact) mass is 389 g/mol. The first-order chi connectivity index (χ1) is 13.5. The number of amides is 1. The second-order valence-corrected chi connectivity index (χ2v) is 7.08. The van der Waals surface area contributed by atoms with E-state index in [-0.39, 0.29) is 28.4 Å². The number of hydrogen-bond donors (Lipinski definition) is 1. The van der Waals surface area contributed by atoms with E-state index < -0.39 is 17.2 Å². The quantitative estimate of drug-likeness (QED) is 0.779. The van der Waals surface area contributed by atoms with E-state index in [9.17, 15) is 19.5 Å². The van der Waals surface area contributed by atoms with E-state index in [4.69, 9.17) is 4.74 Å². The number of carbonyl (C=O) groups excluding carboxylic acids is 1. The van der Waals surface area contributed by atoms with Crippen LogP contribution in [0.3, 0.4) is 0 Å². The van der Waals surface area contributed by atoms with E-state index in [1.807, 2.05) is 0 Å². The number of methoxy groups -OCH3 is 1. The van der Waals surface area contributed by atoms with Crippen molar-refractivity contribution in [2.24, 2.45) is 0 Å². The Kier molecular flexibility index (Phi) is 4.44. The highest BCUT2D eigenvalue weighted by molar-refractivity contribution is 5.97. The number of anilines is 1. The number of fused-ring (bicyclic) bond motifs is 1. The lowest BCUT2D eigenvalue weighted by Crippen LogP contribution is -2.46. The average Bonchev–Trinajstić information content (AvgIpc) is 3.52. The Bertz CT molecular complexity index is 1020. The van der Waals surface area contributed by atoms with Gasteiger partial charge in [-0.05, 0) is 18.9 Å². The molecule has 1 saturated carbocycles. The zero-order valence-corrected chi connectivity index (χ0v) is 15.4. The smallest absolute Gasteiger partial charge is 0.341 e. The van der Waals surface area contributed by atoms with Crippen molar-refractivity contribution in [2.45, 2.75) is 18.9 Å². The van der Waals surface area contributed by atoms with Crippen molar-refractivity contribution in [3.8, 4) is 5.75 Å². The number of aromatic nitrogens is 1. The number of nitrogens with zero attached hydrogens (tertiary/aromatic N) is 3. The van der Waals surface area contributed by atoms with Gasteiger partial charge in [-0.2, -0.15) is 0 Å². The van der Waals surface area contributed by atoms with Gasteiger partial charge in [-0.3, -0.25) is 9.59 Å². The molecule has 2 aromatic rings. The zero-order valence-electron chi connectivity index (χ0n) is 15.4. The first kappa shape index (κ1) is 18.3. The van der Waals surface area contributed by atoms with Crippen LogP contribution in [0.1, 0.15) is 29.2 Å². The molecule has 1 aliphatic heterocycles. The summed E-state index contributed by atoms with van der Waals surface area (Å²) in [6, 6.07) is 1.16. The molecule has 2 aliphatic rings. The molecular formula is C19H20FN3O5. The molecule has 0 spiro atoms. The first-order valence-electron chi connectivity index (χ1n) is 9.09. The van der Waals surface area contributed by atoms with Crippen LogP contribution in [0.25, 0.3) is 10.9 Å². The number of carboxylic acid groups (broad SMARTS) is 1. The minimum atomic E-state index is -1.34. The Morgan fingerprint density at radius 3 is 2.50 bits per heavy atom. The van der Waals surface area contributed by atoms with E-state index in [2.05, 4.69) is 0 Å². The number of ether oxygens (including phenoxy) is 1. The zero-order chi connectivity index (χ0) is 20.0. The van der Waals surface area contributed by atoms with Gasteiger partial charge in [-0.25, -0.2) is 9.18 Å². The van der Waals surface area contributed by atoms with Crippen LogP contribution in [0.2, 0.25) is 0 Å². The Hall–Kier alpha value is -3.10. The minimum Gasteiger partial charge on any atom is -0.492 e. The van der Waals surface area contributed by atoms with Crippen LogP contribution in [0.5, 0.6) is 5.75 Å². The summed E-state index contributed by atoms with van der Waals surface area (Å²) in [5.74, 6) is -1.77. The van der Waals surface area contributed by atoms with Gasteiger partial charge < -0.3 is 24.2 Å². The largest absolute Gasteiger partial charge is 0.492 e. The summed E-state index contributed by atoms with van der Waals surface area (Å²) >= 11 is 0. The fourth-order valence-corrected chi connectivity index (χ4v) is 3.78. The molecule has 1 aromatic heterocycles. The highest BCUT2D eigenvalue weighted by Gasteiger charge is 2.31. The van der Waals surface area contributed by atoms with Crippen LogP contribution in [0, 0.1) is 5.82 Å². The van der Waals surface area contributed by atoms with Crippen LogP contribution in [0.15, 0.2) is 17.1 Å². The van der Waals surface area contributed by atoms with E-state index >= 15 is 4.39 Å². The SMILES string of the molecule is COc1c(N2CCN(C=O)CC2)c(F)cc2c(=O)c(C(=O)O)cn(C3CC3)c12. The lowest BCUT2D eigenvalue weighted by atomic mass is 10.1. The second-order valence-electron chi connectivity index (χ2n) is 7.08. The lowest BCUT2D eigenvalue weighted by molar-refractivity contribution is -0.118. The van der Waals surface area contributed by atoms with E-state index in [1.54, 1.807) is 14.4 Å². The third-order valence-corrected chi connectivity index (χ3v) is 5.35. The summed E-state index contributed by atoms with van der Waals surface area (Å²) in [7, 11) is 1.41. The first-order valence-corrected chi connectivity index (χ1v) is 9.09. The minimum absolute atomic E-state index is 0.00331. The highest BCUT2D eigenvalue weighted by atomic mass is 19.1. The predicted octanol–water partition coefficient (Wildman–Crippen LogP) is 1.46. The van der Waals surface area contributed by atoms with Gasteiger partial charge in [-0.1, -0.05) is 0 Å². The van der Waals surface area contributed by atoms with Gasteiger partial charge in [0.25, 0.3) is 0 Å².